The van der Waals surface area contributed by atoms with E-state index in [1.54, 1.807) is 6.33 Å². The van der Waals surface area contributed by atoms with Gasteiger partial charge in [0.15, 0.2) is 5.65 Å². The molecule has 0 atom stereocenters. The number of H-pyrrole nitrogens is 1. The highest BCUT2D eigenvalue weighted by Gasteiger charge is 2.14. The van der Waals surface area contributed by atoms with Gasteiger partial charge >= 0.3 is 0 Å². The van der Waals surface area contributed by atoms with Gasteiger partial charge in [-0.05, 0) is 37.2 Å². The summed E-state index contributed by atoms with van der Waals surface area (Å²) in [5, 5.41) is 1.32. The van der Waals surface area contributed by atoms with E-state index in [2.05, 4.69) is 24.9 Å². The highest BCUT2D eigenvalue weighted by Crippen LogP contribution is 2.31. The zero-order valence-corrected chi connectivity index (χ0v) is 11.1. The SMILES string of the molecule is Cc1nc(Sc2nc(Cl)nc3nc[nH]c23)oc1C. The first-order valence-corrected chi connectivity index (χ1v) is 6.31. The third-order valence-corrected chi connectivity index (χ3v) is 3.43. The molecule has 0 amide bonds. The Morgan fingerprint density at radius 2 is 2.11 bits per heavy atom. The molecule has 3 aromatic heterocycles. The Balaban J connectivity index is 2.06. The zero-order chi connectivity index (χ0) is 12.7. The number of imidazole rings is 1. The summed E-state index contributed by atoms with van der Waals surface area (Å²) in [6.45, 7) is 3.76. The van der Waals surface area contributed by atoms with Crippen molar-refractivity contribution in [3.8, 4) is 0 Å². The van der Waals surface area contributed by atoms with Crippen LogP contribution in [0.2, 0.25) is 5.28 Å². The molecule has 0 fully saturated rings. The Bertz CT molecular complexity index is 703. The monoisotopic (exact) mass is 281 g/mol. The first kappa shape index (κ1) is 11.5. The maximum absolute atomic E-state index is 5.84. The van der Waals surface area contributed by atoms with Crippen molar-refractivity contribution in [2.24, 2.45) is 0 Å². The molecule has 8 heteroatoms. The minimum atomic E-state index is 0.150. The van der Waals surface area contributed by atoms with Crippen molar-refractivity contribution in [2.45, 2.75) is 24.1 Å². The largest absolute Gasteiger partial charge is 0.436 e. The molecule has 3 heterocycles. The number of nitrogens with zero attached hydrogens (tertiary/aromatic N) is 4. The van der Waals surface area contributed by atoms with E-state index in [-0.39, 0.29) is 5.28 Å². The average molecular weight is 282 g/mol. The fourth-order valence-electron chi connectivity index (χ4n) is 1.42. The molecule has 3 aromatic rings. The normalized spacial score (nSPS) is 11.3. The van der Waals surface area contributed by atoms with Crippen LogP contribution in [0.3, 0.4) is 0 Å². The van der Waals surface area contributed by atoms with Crippen molar-refractivity contribution in [2.75, 3.05) is 0 Å². The molecular formula is C10H8ClN5OS. The van der Waals surface area contributed by atoms with Crippen LogP contribution in [0.15, 0.2) is 21.0 Å². The predicted octanol–water partition coefficient (Wildman–Crippen LogP) is 2.76. The second-order valence-corrected chi connectivity index (χ2v) is 4.90. The summed E-state index contributed by atoms with van der Waals surface area (Å²) in [6.07, 6.45) is 1.55. The number of halogens is 1. The van der Waals surface area contributed by atoms with Crippen LogP contribution in [0.5, 0.6) is 0 Å². The van der Waals surface area contributed by atoms with Gasteiger partial charge < -0.3 is 9.40 Å². The lowest BCUT2D eigenvalue weighted by Crippen LogP contribution is -1.88. The summed E-state index contributed by atoms with van der Waals surface area (Å²) in [4.78, 5) is 19.5. The molecule has 0 saturated heterocycles. The lowest BCUT2D eigenvalue weighted by molar-refractivity contribution is 0.431. The van der Waals surface area contributed by atoms with Crippen molar-refractivity contribution in [1.82, 2.24) is 24.9 Å². The van der Waals surface area contributed by atoms with E-state index >= 15 is 0 Å². The standard InChI is InChI=1S/C10H8ClN5OS/c1-4-5(2)17-10(14-4)18-8-6-7(13-3-12-6)15-9(11)16-8/h3H,1-2H3,(H,12,13,15,16). The van der Waals surface area contributed by atoms with Gasteiger partial charge in [-0.2, -0.15) is 4.98 Å². The van der Waals surface area contributed by atoms with Gasteiger partial charge in [-0.25, -0.2) is 15.0 Å². The molecule has 92 valence electrons. The highest BCUT2D eigenvalue weighted by molar-refractivity contribution is 7.99. The van der Waals surface area contributed by atoms with E-state index in [1.807, 2.05) is 13.8 Å². The number of aryl methyl sites for hydroxylation is 2. The third kappa shape index (κ3) is 1.95. The van der Waals surface area contributed by atoms with E-state index in [1.165, 1.54) is 11.8 Å². The van der Waals surface area contributed by atoms with Crippen LogP contribution in [0.25, 0.3) is 11.2 Å². The molecule has 0 bridgehead atoms. The molecule has 6 nitrogen and oxygen atoms in total. The van der Waals surface area contributed by atoms with Crippen LogP contribution in [-0.2, 0) is 0 Å². The van der Waals surface area contributed by atoms with Gasteiger partial charge in [-0.15, -0.1) is 0 Å². The number of hydrogen-bond donors (Lipinski definition) is 1. The number of aromatic amines is 1. The molecule has 0 saturated carbocycles. The summed E-state index contributed by atoms with van der Waals surface area (Å²) in [6, 6.07) is 0. The number of hydrogen-bond acceptors (Lipinski definition) is 6. The van der Waals surface area contributed by atoms with Gasteiger partial charge in [0, 0.05) is 0 Å². The van der Waals surface area contributed by atoms with E-state index in [0.29, 0.717) is 15.9 Å². The van der Waals surface area contributed by atoms with Crippen molar-refractivity contribution < 1.29 is 4.42 Å². The summed E-state index contributed by atoms with van der Waals surface area (Å²) in [5.74, 6) is 0.790. The van der Waals surface area contributed by atoms with E-state index in [4.69, 9.17) is 16.0 Å². The second-order valence-electron chi connectivity index (χ2n) is 3.62. The maximum atomic E-state index is 5.84. The molecule has 0 unspecified atom stereocenters. The van der Waals surface area contributed by atoms with Crippen molar-refractivity contribution >= 4 is 34.5 Å². The quantitative estimate of drug-likeness (QED) is 0.575. The fourth-order valence-corrected chi connectivity index (χ4v) is 2.54. The first-order chi connectivity index (χ1) is 8.63. The Kier molecular flexibility index (Phi) is 2.71. The van der Waals surface area contributed by atoms with Crippen LogP contribution >= 0.6 is 23.4 Å². The average Bonchev–Trinajstić information content (AvgIpc) is 2.86. The number of nitrogens with one attached hydrogen (secondary N) is 1. The highest BCUT2D eigenvalue weighted by atomic mass is 35.5. The molecule has 0 aliphatic rings. The Morgan fingerprint density at radius 1 is 1.28 bits per heavy atom. The minimum absolute atomic E-state index is 0.150. The molecule has 0 aromatic carbocycles. The first-order valence-electron chi connectivity index (χ1n) is 5.12. The van der Waals surface area contributed by atoms with Crippen molar-refractivity contribution in [3.05, 3.63) is 23.1 Å². The molecule has 0 aliphatic heterocycles. The summed E-state index contributed by atoms with van der Waals surface area (Å²) < 4.78 is 5.50. The van der Waals surface area contributed by atoms with E-state index < -0.39 is 0 Å². The molecule has 3 rings (SSSR count). The summed E-state index contributed by atoms with van der Waals surface area (Å²) in [7, 11) is 0. The number of rotatable bonds is 2. The molecule has 0 aliphatic carbocycles. The predicted molar refractivity (Wildman–Crippen MR) is 66.8 cm³/mol. The Morgan fingerprint density at radius 3 is 2.83 bits per heavy atom. The van der Waals surface area contributed by atoms with E-state index in [9.17, 15) is 0 Å². The van der Waals surface area contributed by atoms with Gasteiger partial charge in [-0.1, -0.05) is 0 Å². The lowest BCUT2D eigenvalue weighted by Gasteiger charge is -1.98. The Labute approximate surface area is 111 Å². The van der Waals surface area contributed by atoms with Crippen LogP contribution in [0.4, 0.5) is 0 Å². The smallest absolute Gasteiger partial charge is 0.262 e. The number of fused-ring (bicyclic) bond motifs is 1. The van der Waals surface area contributed by atoms with Crippen molar-refractivity contribution in [3.63, 3.8) is 0 Å². The van der Waals surface area contributed by atoms with Crippen LogP contribution in [0, 0.1) is 13.8 Å². The molecule has 0 radical (unpaired) electrons. The van der Waals surface area contributed by atoms with Gasteiger partial charge in [-0.3, -0.25) is 0 Å². The second kappa shape index (κ2) is 4.25. The molecule has 18 heavy (non-hydrogen) atoms. The van der Waals surface area contributed by atoms with Crippen molar-refractivity contribution in [1.29, 1.82) is 0 Å². The molecule has 0 spiro atoms. The Hall–Kier alpha value is -1.60. The van der Waals surface area contributed by atoms with Crippen LogP contribution in [-0.4, -0.2) is 24.9 Å². The molecular weight excluding hydrogens is 274 g/mol. The summed E-state index contributed by atoms with van der Waals surface area (Å²) >= 11 is 7.13. The van der Waals surface area contributed by atoms with Gasteiger partial charge in [0.25, 0.3) is 5.22 Å². The van der Waals surface area contributed by atoms with E-state index in [0.717, 1.165) is 17.0 Å². The minimum Gasteiger partial charge on any atom is -0.436 e. The fraction of sp³-hybridized carbons (Fsp3) is 0.200. The summed E-state index contributed by atoms with van der Waals surface area (Å²) in [5.41, 5.74) is 2.11. The number of aromatic nitrogens is 5. The third-order valence-electron chi connectivity index (χ3n) is 2.42. The van der Waals surface area contributed by atoms with Gasteiger partial charge in [0.05, 0.1) is 12.0 Å². The number of oxazole rings is 1. The lowest BCUT2D eigenvalue weighted by atomic mass is 10.4. The zero-order valence-electron chi connectivity index (χ0n) is 9.56. The molecule has 1 N–H and O–H groups in total. The van der Waals surface area contributed by atoms with Gasteiger partial charge in [0.2, 0.25) is 5.28 Å². The van der Waals surface area contributed by atoms with Crippen LogP contribution in [0.1, 0.15) is 11.5 Å². The van der Waals surface area contributed by atoms with Crippen LogP contribution < -0.4 is 0 Å². The maximum Gasteiger partial charge on any atom is 0.262 e. The topological polar surface area (TPSA) is 80.5 Å². The van der Waals surface area contributed by atoms with Gasteiger partial charge in [0.1, 0.15) is 16.3 Å².